The van der Waals surface area contributed by atoms with Crippen LogP contribution in [0.15, 0.2) is 0 Å². The topological polar surface area (TPSA) is 64.3 Å². The van der Waals surface area contributed by atoms with E-state index in [0.29, 0.717) is 18.4 Å². The van der Waals surface area contributed by atoms with Crippen molar-refractivity contribution in [2.45, 2.75) is 32.1 Å². The first-order valence-electron chi connectivity index (χ1n) is 5.68. The van der Waals surface area contributed by atoms with Crippen molar-refractivity contribution in [3.05, 3.63) is 0 Å². The molecule has 0 saturated heterocycles. The molecule has 1 amide bonds. The number of nitrogens with two attached hydrogens (primary N) is 1. The van der Waals surface area contributed by atoms with E-state index in [2.05, 4.69) is 5.32 Å². The Kier molecular flexibility index (Phi) is 7.72. The van der Waals surface area contributed by atoms with Crippen LogP contribution in [0.3, 0.4) is 0 Å². The number of rotatable bonds is 7. The maximum Gasteiger partial charge on any atom is 0.221 e. The Morgan fingerprint density at radius 2 is 2.19 bits per heavy atom. The van der Waals surface area contributed by atoms with Gasteiger partial charge in [0.05, 0.1) is 0 Å². The Morgan fingerprint density at radius 3 is 2.62 bits per heavy atom. The van der Waals surface area contributed by atoms with Crippen LogP contribution in [0.1, 0.15) is 32.1 Å². The molecular weight excluding hydrogens is 228 g/mol. The molecule has 0 aromatic rings. The number of methoxy groups -OCH3 is 1. The Hall–Kier alpha value is -0.320. The zero-order chi connectivity index (χ0) is 11.1. The second-order valence-corrected chi connectivity index (χ2v) is 4.41. The molecule has 3 N–H and O–H groups in total. The second-order valence-electron chi connectivity index (χ2n) is 4.41. The summed E-state index contributed by atoms with van der Waals surface area (Å²) in [4.78, 5) is 11.3. The highest BCUT2D eigenvalue weighted by atomic mass is 35.5. The fourth-order valence-electron chi connectivity index (χ4n) is 2.02. The van der Waals surface area contributed by atoms with Crippen LogP contribution in [0.2, 0.25) is 0 Å². The molecule has 4 nitrogen and oxygen atoms in total. The predicted molar refractivity (Wildman–Crippen MR) is 66.7 cm³/mol. The number of carbonyl (C=O) groups is 1. The van der Waals surface area contributed by atoms with Crippen molar-refractivity contribution in [1.29, 1.82) is 0 Å². The summed E-state index contributed by atoms with van der Waals surface area (Å²) in [7, 11) is 1.72. The molecule has 96 valence electrons. The van der Waals surface area contributed by atoms with Crippen LogP contribution in [0.5, 0.6) is 0 Å². The van der Waals surface area contributed by atoms with Crippen LogP contribution >= 0.6 is 12.4 Å². The number of hydrogen-bond acceptors (Lipinski definition) is 3. The Bertz CT molecular complexity index is 208. The minimum Gasteiger partial charge on any atom is -0.385 e. The summed E-state index contributed by atoms with van der Waals surface area (Å²) < 4.78 is 5.09. The van der Waals surface area contributed by atoms with Gasteiger partial charge < -0.3 is 15.8 Å². The zero-order valence-corrected chi connectivity index (χ0v) is 10.8. The monoisotopic (exact) mass is 250 g/mol. The van der Waals surface area contributed by atoms with Gasteiger partial charge in [-0.3, -0.25) is 4.79 Å². The van der Waals surface area contributed by atoms with Gasteiger partial charge in [0.1, 0.15) is 0 Å². The van der Waals surface area contributed by atoms with Crippen molar-refractivity contribution >= 4 is 18.3 Å². The Labute approximate surface area is 104 Å². The van der Waals surface area contributed by atoms with E-state index in [4.69, 9.17) is 10.5 Å². The third-order valence-electron chi connectivity index (χ3n) is 3.28. The maximum atomic E-state index is 11.3. The number of nitrogens with one attached hydrogen (secondary N) is 1. The van der Waals surface area contributed by atoms with E-state index in [0.717, 1.165) is 19.6 Å². The average molecular weight is 251 g/mol. The molecule has 1 saturated carbocycles. The maximum absolute atomic E-state index is 11.3. The van der Waals surface area contributed by atoms with Crippen molar-refractivity contribution in [3.8, 4) is 0 Å². The lowest BCUT2D eigenvalue weighted by atomic mass is 9.67. The molecule has 1 rings (SSSR count). The van der Waals surface area contributed by atoms with Crippen LogP contribution in [0, 0.1) is 5.41 Å². The fraction of sp³-hybridized carbons (Fsp3) is 0.909. The highest BCUT2D eigenvalue weighted by molar-refractivity contribution is 5.85. The van der Waals surface area contributed by atoms with Gasteiger partial charge in [0, 0.05) is 33.2 Å². The van der Waals surface area contributed by atoms with Gasteiger partial charge in [-0.15, -0.1) is 12.4 Å². The van der Waals surface area contributed by atoms with E-state index in [1.807, 2.05) is 0 Å². The summed E-state index contributed by atoms with van der Waals surface area (Å²) in [6.45, 7) is 2.00. The van der Waals surface area contributed by atoms with Crippen molar-refractivity contribution in [2.24, 2.45) is 11.1 Å². The van der Waals surface area contributed by atoms with Crippen LogP contribution in [-0.2, 0) is 9.53 Å². The summed E-state index contributed by atoms with van der Waals surface area (Å²) >= 11 is 0. The molecule has 1 aliphatic carbocycles. The smallest absolute Gasteiger partial charge is 0.221 e. The fourth-order valence-corrected chi connectivity index (χ4v) is 2.02. The molecular formula is C11H23ClN2O2. The first-order valence-corrected chi connectivity index (χ1v) is 5.68. The predicted octanol–water partition coefficient (Wildman–Crippen LogP) is 1.08. The number of carbonyl (C=O) groups excluding carboxylic acids is 1. The first kappa shape index (κ1) is 15.7. The van der Waals surface area contributed by atoms with E-state index < -0.39 is 0 Å². The molecule has 0 aromatic heterocycles. The quantitative estimate of drug-likeness (QED) is 0.711. The van der Waals surface area contributed by atoms with E-state index in [-0.39, 0.29) is 18.3 Å². The average Bonchev–Trinajstić information content (AvgIpc) is 2.16. The van der Waals surface area contributed by atoms with Gasteiger partial charge in [-0.05, 0) is 24.7 Å². The number of ether oxygens (including phenoxy) is 1. The zero-order valence-electron chi connectivity index (χ0n) is 9.96. The van der Waals surface area contributed by atoms with Gasteiger partial charge in [-0.25, -0.2) is 0 Å². The summed E-state index contributed by atoms with van der Waals surface area (Å²) in [5.41, 5.74) is 5.62. The molecule has 0 spiro atoms. The summed E-state index contributed by atoms with van der Waals surface area (Å²) in [5.74, 6) is 0.0705. The van der Waals surface area contributed by atoms with Crippen LogP contribution in [-0.4, -0.2) is 32.7 Å². The summed E-state index contributed by atoms with van der Waals surface area (Å²) in [6.07, 6.45) is 5.17. The lowest BCUT2D eigenvalue weighted by Crippen LogP contribution is -2.43. The number of hydrogen-bond donors (Lipinski definition) is 2. The largest absolute Gasteiger partial charge is 0.385 e. The molecule has 0 aliphatic heterocycles. The molecule has 5 heteroatoms. The molecule has 16 heavy (non-hydrogen) atoms. The van der Waals surface area contributed by atoms with E-state index in [1.54, 1.807) is 7.11 Å². The standard InChI is InChI=1S/C11H22N2O2.ClH/c1-15-8-6-11(4-2-5-11)9-13-10(14)3-7-12;/h2-9,12H2,1H3,(H,13,14);1H. The molecule has 0 aromatic carbocycles. The Morgan fingerprint density at radius 1 is 1.50 bits per heavy atom. The van der Waals surface area contributed by atoms with Crippen molar-refractivity contribution in [1.82, 2.24) is 5.32 Å². The summed E-state index contributed by atoms with van der Waals surface area (Å²) in [5, 5.41) is 2.96. The number of halogens is 1. The van der Waals surface area contributed by atoms with Crippen LogP contribution < -0.4 is 11.1 Å². The van der Waals surface area contributed by atoms with Gasteiger partial charge in [0.2, 0.25) is 5.91 Å². The highest BCUT2D eigenvalue weighted by Gasteiger charge is 2.36. The van der Waals surface area contributed by atoms with Gasteiger partial charge >= 0.3 is 0 Å². The Balaban J connectivity index is 0.00000225. The molecule has 0 radical (unpaired) electrons. The molecule has 1 aliphatic rings. The van der Waals surface area contributed by atoms with Gasteiger partial charge in [0.15, 0.2) is 0 Å². The number of amides is 1. The van der Waals surface area contributed by atoms with E-state index >= 15 is 0 Å². The van der Waals surface area contributed by atoms with Crippen molar-refractivity contribution < 1.29 is 9.53 Å². The SMILES string of the molecule is COCCC1(CNC(=O)CCN)CCC1.Cl. The van der Waals surface area contributed by atoms with Crippen LogP contribution in [0.25, 0.3) is 0 Å². The van der Waals surface area contributed by atoms with Crippen molar-refractivity contribution in [3.63, 3.8) is 0 Å². The molecule has 0 heterocycles. The second kappa shape index (κ2) is 7.87. The normalized spacial score (nSPS) is 17.1. The third-order valence-corrected chi connectivity index (χ3v) is 3.28. The molecule has 0 unspecified atom stereocenters. The van der Waals surface area contributed by atoms with E-state index in [9.17, 15) is 4.79 Å². The minimum absolute atomic E-state index is 0. The van der Waals surface area contributed by atoms with Gasteiger partial charge in [0.25, 0.3) is 0 Å². The van der Waals surface area contributed by atoms with Crippen LogP contribution in [0.4, 0.5) is 0 Å². The lowest BCUT2D eigenvalue weighted by Gasteiger charge is -2.42. The van der Waals surface area contributed by atoms with E-state index in [1.165, 1.54) is 19.3 Å². The van der Waals surface area contributed by atoms with Gasteiger partial charge in [-0.2, -0.15) is 0 Å². The lowest BCUT2D eigenvalue weighted by molar-refractivity contribution is -0.121. The van der Waals surface area contributed by atoms with Gasteiger partial charge in [-0.1, -0.05) is 6.42 Å². The minimum atomic E-state index is 0. The molecule has 0 atom stereocenters. The first-order chi connectivity index (χ1) is 7.22. The molecule has 0 bridgehead atoms. The summed E-state index contributed by atoms with van der Waals surface area (Å²) in [6, 6.07) is 0. The highest BCUT2D eigenvalue weighted by Crippen LogP contribution is 2.43. The third kappa shape index (κ3) is 4.68. The van der Waals surface area contributed by atoms with Crippen molar-refractivity contribution in [2.75, 3.05) is 26.8 Å². The molecule has 1 fully saturated rings.